The molecular formula is C12H17NO2. The van der Waals surface area contributed by atoms with Crippen LogP contribution in [0.25, 0.3) is 0 Å². The molecule has 1 aromatic carbocycles. The first kappa shape index (κ1) is 11.6. The van der Waals surface area contributed by atoms with Crippen LogP contribution in [0.1, 0.15) is 18.9 Å². The predicted octanol–water partition coefficient (Wildman–Crippen LogP) is 2.22. The van der Waals surface area contributed by atoms with E-state index in [9.17, 15) is 4.79 Å². The molecule has 82 valence electrons. The predicted molar refractivity (Wildman–Crippen MR) is 60.9 cm³/mol. The van der Waals surface area contributed by atoms with Crippen molar-refractivity contribution in [3.63, 3.8) is 0 Å². The fraction of sp³-hybridized carbons (Fsp3) is 0.417. The minimum Gasteiger partial charge on any atom is -0.469 e. The molecule has 0 spiro atoms. The maximum Gasteiger partial charge on any atom is 0.309 e. The van der Waals surface area contributed by atoms with Crippen molar-refractivity contribution in [1.82, 2.24) is 0 Å². The fourth-order valence-electron chi connectivity index (χ4n) is 1.25. The van der Waals surface area contributed by atoms with Gasteiger partial charge in [-0.25, -0.2) is 0 Å². The highest BCUT2D eigenvalue weighted by Gasteiger charge is 2.01. The van der Waals surface area contributed by atoms with Crippen LogP contribution >= 0.6 is 0 Å². The number of rotatable bonds is 5. The van der Waals surface area contributed by atoms with E-state index in [1.165, 1.54) is 7.11 Å². The summed E-state index contributed by atoms with van der Waals surface area (Å²) in [5.74, 6) is -0.204. The van der Waals surface area contributed by atoms with Crippen molar-refractivity contribution in [2.75, 3.05) is 19.0 Å². The van der Waals surface area contributed by atoms with E-state index >= 15 is 0 Å². The molecule has 0 saturated carbocycles. The highest BCUT2D eigenvalue weighted by atomic mass is 16.5. The molecule has 0 saturated heterocycles. The summed E-state index contributed by atoms with van der Waals surface area (Å²) >= 11 is 0. The molecule has 0 aliphatic carbocycles. The van der Waals surface area contributed by atoms with Gasteiger partial charge in [0.15, 0.2) is 0 Å². The van der Waals surface area contributed by atoms with Crippen molar-refractivity contribution in [1.29, 1.82) is 0 Å². The van der Waals surface area contributed by atoms with Gasteiger partial charge in [0.2, 0.25) is 0 Å². The van der Waals surface area contributed by atoms with E-state index in [0.717, 1.165) is 24.2 Å². The summed E-state index contributed by atoms with van der Waals surface area (Å²) in [5.41, 5.74) is 2.06. The summed E-state index contributed by atoms with van der Waals surface area (Å²) in [6.07, 6.45) is 1.44. The van der Waals surface area contributed by atoms with Crippen LogP contribution in [0, 0.1) is 0 Å². The first-order valence-electron chi connectivity index (χ1n) is 5.16. The lowest BCUT2D eigenvalue weighted by molar-refractivity contribution is -0.139. The largest absolute Gasteiger partial charge is 0.469 e. The third kappa shape index (κ3) is 4.02. The van der Waals surface area contributed by atoms with Gasteiger partial charge in [0.1, 0.15) is 0 Å². The lowest BCUT2D eigenvalue weighted by Crippen LogP contribution is -2.04. The van der Waals surface area contributed by atoms with Gasteiger partial charge in [-0.2, -0.15) is 0 Å². The zero-order chi connectivity index (χ0) is 11.1. The van der Waals surface area contributed by atoms with Crippen LogP contribution in [0.2, 0.25) is 0 Å². The number of hydrogen-bond acceptors (Lipinski definition) is 3. The van der Waals surface area contributed by atoms with Gasteiger partial charge in [-0.3, -0.25) is 4.79 Å². The summed E-state index contributed by atoms with van der Waals surface area (Å²) in [4.78, 5) is 11.0. The molecule has 0 bridgehead atoms. The number of benzene rings is 1. The van der Waals surface area contributed by atoms with Gasteiger partial charge in [-0.1, -0.05) is 19.1 Å². The Kier molecular flexibility index (Phi) is 4.68. The maximum absolute atomic E-state index is 11.0. The molecule has 3 heteroatoms. The Morgan fingerprint density at radius 3 is 2.53 bits per heavy atom. The third-order valence-corrected chi connectivity index (χ3v) is 2.11. The lowest BCUT2D eigenvalue weighted by Gasteiger charge is -2.05. The Balaban J connectivity index is 2.52. The minimum atomic E-state index is -0.204. The molecule has 1 aromatic rings. The van der Waals surface area contributed by atoms with Crippen molar-refractivity contribution in [2.24, 2.45) is 0 Å². The topological polar surface area (TPSA) is 38.3 Å². The number of nitrogens with one attached hydrogen (secondary N) is 1. The second-order valence-electron chi connectivity index (χ2n) is 3.38. The van der Waals surface area contributed by atoms with E-state index in [-0.39, 0.29) is 5.97 Å². The SMILES string of the molecule is CCCNc1ccc(CC(=O)OC)cc1. The number of carbonyl (C=O) groups is 1. The lowest BCUT2D eigenvalue weighted by atomic mass is 10.1. The van der Waals surface area contributed by atoms with Gasteiger partial charge in [-0.05, 0) is 24.1 Å². The maximum atomic E-state index is 11.0. The summed E-state index contributed by atoms with van der Waals surface area (Å²) in [6.45, 7) is 3.09. The summed E-state index contributed by atoms with van der Waals surface area (Å²) < 4.78 is 4.59. The van der Waals surface area contributed by atoms with Crippen molar-refractivity contribution in [3.8, 4) is 0 Å². The zero-order valence-electron chi connectivity index (χ0n) is 9.25. The zero-order valence-corrected chi connectivity index (χ0v) is 9.25. The summed E-state index contributed by atoms with van der Waals surface area (Å²) in [7, 11) is 1.40. The molecule has 0 fully saturated rings. The molecule has 3 nitrogen and oxygen atoms in total. The Bertz CT molecular complexity index is 306. The number of ether oxygens (including phenoxy) is 1. The summed E-state index contributed by atoms with van der Waals surface area (Å²) in [6, 6.07) is 7.84. The molecule has 0 heterocycles. The van der Waals surface area contributed by atoms with Crippen molar-refractivity contribution in [3.05, 3.63) is 29.8 Å². The second kappa shape index (κ2) is 6.06. The average molecular weight is 207 g/mol. The molecule has 0 aliphatic rings. The number of carbonyl (C=O) groups excluding carboxylic acids is 1. The Hall–Kier alpha value is -1.51. The number of methoxy groups -OCH3 is 1. The van der Waals surface area contributed by atoms with Gasteiger partial charge in [0.25, 0.3) is 0 Å². The molecule has 1 rings (SSSR count). The van der Waals surface area contributed by atoms with Crippen LogP contribution < -0.4 is 5.32 Å². The Morgan fingerprint density at radius 1 is 1.33 bits per heavy atom. The van der Waals surface area contributed by atoms with Crippen LogP contribution in [0.15, 0.2) is 24.3 Å². The van der Waals surface area contributed by atoms with E-state index in [1.807, 2.05) is 24.3 Å². The van der Waals surface area contributed by atoms with Crippen LogP contribution in [-0.4, -0.2) is 19.6 Å². The van der Waals surface area contributed by atoms with Gasteiger partial charge >= 0.3 is 5.97 Å². The molecule has 0 atom stereocenters. The number of anilines is 1. The fourth-order valence-corrected chi connectivity index (χ4v) is 1.25. The monoisotopic (exact) mass is 207 g/mol. The van der Waals surface area contributed by atoms with E-state index in [0.29, 0.717) is 6.42 Å². The molecule has 1 N–H and O–H groups in total. The highest BCUT2D eigenvalue weighted by Crippen LogP contribution is 2.10. The second-order valence-corrected chi connectivity index (χ2v) is 3.38. The number of esters is 1. The molecular weight excluding hydrogens is 190 g/mol. The van der Waals surface area contributed by atoms with Crippen molar-refractivity contribution < 1.29 is 9.53 Å². The van der Waals surface area contributed by atoms with Crippen molar-refractivity contribution >= 4 is 11.7 Å². The Labute approximate surface area is 90.4 Å². The molecule has 0 unspecified atom stereocenters. The van der Waals surface area contributed by atoms with E-state index in [1.54, 1.807) is 0 Å². The van der Waals surface area contributed by atoms with E-state index in [2.05, 4.69) is 17.0 Å². The van der Waals surface area contributed by atoms with Crippen LogP contribution in [0.4, 0.5) is 5.69 Å². The molecule has 0 aromatic heterocycles. The quantitative estimate of drug-likeness (QED) is 0.752. The smallest absolute Gasteiger partial charge is 0.309 e. The van der Waals surface area contributed by atoms with Crippen molar-refractivity contribution in [2.45, 2.75) is 19.8 Å². The average Bonchev–Trinajstić information content (AvgIpc) is 2.28. The standard InChI is InChI=1S/C12H17NO2/c1-3-8-13-11-6-4-10(5-7-11)9-12(14)15-2/h4-7,13H,3,8-9H2,1-2H3. The van der Waals surface area contributed by atoms with Gasteiger partial charge in [-0.15, -0.1) is 0 Å². The van der Waals surface area contributed by atoms with Crippen LogP contribution in [0.3, 0.4) is 0 Å². The molecule has 0 amide bonds. The molecule has 0 aliphatic heterocycles. The van der Waals surface area contributed by atoms with Gasteiger partial charge < -0.3 is 10.1 Å². The van der Waals surface area contributed by atoms with Gasteiger partial charge in [0, 0.05) is 12.2 Å². The van der Waals surface area contributed by atoms with E-state index < -0.39 is 0 Å². The van der Waals surface area contributed by atoms with E-state index in [4.69, 9.17) is 0 Å². The van der Waals surface area contributed by atoms with Crippen LogP contribution in [-0.2, 0) is 16.0 Å². The first-order chi connectivity index (χ1) is 7.26. The number of hydrogen-bond donors (Lipinski definition) is 1. The minimum absolute atomic E-state index is 0.204. The normalized spacial score (nSPS) is 9.73. The molecule has 0 radical (unpaired) electrons. The van der Waals surface area contributed by atoms with Gasteiger partial charge in [0.05, 0.1) is 13.5 Å². The molecule has 15 heavy (non-hydrogen) atoms. The highest BCUT2D eigenvalue weighted by molar-refractivity contribution is 5.72. The first-order valence-corrected chi connectivity index (χ1v) is 5.16. The Morgan fingerprint density at radius 2 is 2.00 bits per heavy atom. The third-order valence-electron chi connectivity index (χ3n) is 2.11. The summed E-state index contributed by atoms with van der Waals surface area (Å²) in [5, 5.41) is 3.27. The van der Waals surface area contributed by atoms with Crippen LogP contribution in [0.5, 0.6) is 0 Å².